The predicted octanol–water partition coefficient (Wildman–Crippen LogP) is 2.85. The number of nitrogens with one attached hydrogen (secondary N) is 2. The van der Waals surface area contributed by atoms with Crippen LogP contribution in [-0.4, -0.2) is 52.6 Å². The molecule has 2 N–H and O–H groups in total. The minimum Gasteiger partial charge on any atom is -0.493 e. The Morgan fingerprint density at radius 1 is 1.16 bits per heavy atom. The van der Waals surface area contributed by atoms with Gasteiger partial charge in [0.2, 0.25) is 0 Å². The molecule has 1 aromatic carbocycles. The Morgan fingerprint density at radius 3 is 2.72 bits per heavy atom. The third kappa shape index (κ3) is 9.53. The van der Waals surface area contributed by atoms with Gasteiger partial charge in [-0.2, -0.15) is 0 Å². The normalized spacial score (nSPS) is 11.4. The van der Waals surface area contributed by atoms with E-state index in [9.17, 15) is 0 Å². The summed E-state index contributed by atoms with van der Waals surface area (Å²) < 4.78 is 16.0. The minimum absolute atomic E-state index is 0.520. The van der Waals surface area contributed by atoms with Gasteiger partial charge in [0.15, 0.2) is 5.96 Å². The fourth-order valence-corrected chi connectivity index (χ4v) is 2.24. The smallest absolute Gasteiger partial charge is 0.191 e. The van der Waals surface area contributed by atoms with E-state index < -0.39 is 0 Å². The Kier molecular flexibility index (Phi) is 11.9. The molecule has 0 aliphatic rings. The third-order valence-corrected chi connectivity index (χ3v) is 3.51. The summed E-state index contributed by atoms with van der Waals surface area (Å²) in [4.78, 5) is 4.61. The van der Waals surface area contributed by atoms with Gasteiger partial charge in [-0.05, 0) is 32.4 Å². The van der Waals surface area contributed by atoms with E-state index in [0.29, 0.717) is 38.0 Å². The van der Waals surface area contributed by atoms with Crippen molar-refractivity contribution in [1.82, 2.24) is 10.6 Å². The first kappa shape index (κ1) is 21.5. The van der Waals surface area contributed by atoms with E-state index >= 15 is 0 Å². The number of guanidine groups is 1. The standard InChI is InChI=1S/C18H30ClN3O3/c1-4-20-18(21-9-6-10-24-12-11-23-3)22-14-15-7-8-16(19)13-17(15)25-5-2/h7-8,13H,4-6,9-12,14H2,1-3H3,(H2,20,21,22). The van der Waals surface area contributed by atoms with Crippen molar-refractivity contribution in [3.8, 4) is 5.75 Å². The van der Waals surface area contributed by atoms with Crippen LogP contribution in [0.4, 0.5) is 0 Å². The van der Waals surface area contributed by atoms with Crippen LogP contribution in [0.1, 0.15) is 25.8 Å². The van der Waals surface area contributed by atoms with Crippen LogP contribution < -0.4 is 15.4 Å². The third-order valence-electron chi connectivity index (χ3n) is 3.27. The fourth-order valence-electron chi connectivity index (χ4n) is 2.08. The summed E-state index contributed by atoms with van der Waals surface area (Å²) >= 11 is 6.03. The lowest BCUT2D eigenvalue weighted by Crippen LogP contribution is -2.38. The second kappa shape index (κ2) is 13.8. The molecule has 0 aromatic heterocycles. The number of rotatable bonds is 12. The first-order chi connectivity index (χ1) is 12.2. The molecule has 1 aromatic rings. The van der Waals surface area contributed by atoms with Crippen molar-refractivity contribution in [3.05, 3.63) is 28.8 Å². The summed E-state index contributed by atoms with van der Waals surface area (Å²) in [5.41, 5.74) is 1.01. The molecule has 0 radical (unpaired) electrons. The molecule has 0 aliphatic heterocycles. The lowest BCUT2D eigenvalue weighted by Gasteiger charge is -2.13. The highest BCUT2D eigenvalue weighted by Gasteiger charge is 2.05. The van der Waals surface area contributed by atoms with Gasteiger partial charge in [-0.15, -0.1) is 0 Å². The van der Waals surface area contributed by atoms with Gasteiger partial charge in [-0.3, -0.25) is 0 Å². The van der Waals surface area contributed by atoms with Crippen LogP contribution >= 0.6 is 11.6 Å². The molecule has 0 saturated carbocycles. The van der Waals surface area contributed by atoms with Crippen LogP contribution in [0, 0.1) is 0 Å². The fraction of sp³-hybridized carbons (Fsp3) is 0.611. The number of methoxy groups -OCH3 is 1. The van der Waals surface area contributed by atoms with Crippen LogP contribution in [-0.2, 0) is 16.0 Å². The Morgan fingerprint density at radius 2 is 2.00 bits per heavy atom. The van der Waals surface area contributed by atoms with Gasteiger partial charge in [0, 0.05) is 37.4 Å². The Balaban J connectivity index is 2.49. The first-order valence-electron chi connectivity index (χ1n) is 8.71. The molecule has 0 spiro atoms. The zero-order valence-electron chi connectivity index (χ0n) is 15.4. The van der Waals surface area contributed by atoms with E-state index in [1.807, 2.05) is 32.0 Å². The lowest BCUT2D eigenvalue weighted by atomic mass is 10.2. The maximum atomic E-state index is 6.03. The van der Waals surface area contributed by atoms with Crippen molar-refractivity contribution in [1.29, 1.82) is 0 Å². The molecule has 0 unspecified atom stereocenters. The quantitative estimate of drug-likeness (QED) is 0.336. The van der Waals surface area contributed by atoms with E-state index in [2.05, 4.69) is 15.6 Å². The molecular formula is C18H30ClN3O3. The highest BCUT2D eigenvalue weighted by Crippen LogP contribution is 2.24. The Bertz CT molecular complexity index is 512. The van der Waals surface area contributed by atoms with Crippen LogP contribution in [0.2, 0.25) is 5.02 Å². The molecule has 1 rings (SSSR count). The number of hydrogen-bond acceptors (Lipinski definition) is 4. The van der Waals surface area contributed by atoms with Crippen molar-refractivity contribution in [2.24, 2.45) is 4.99 Å². The summed E-state index contributed by atoms with van der Waals surface area (Å²) in [5, 5.41) is 7.21. The van der Waals surface area contributed by atoms with E-state index in [4.69, 9.17) is 25.8 Å². The second-order valence-corrected chi connectivity index (χ2v) is 5.70. The zero-order valence-corrected chi connectivity index (χ0v) is 16.2. The molecule has 25 heavy (non-hydrogen) atoms. The van der Waals surface area contributed by atoms with Gasteiger partial charge >= 0.3 is 0 Å². The SMILES string of the molecule is CCNC(=NCc1ccc(Cl)cc1OCC)NCCCOCCOC. The number of benzene rings is 1. The molecular weight excluding hydrogens is 342 g/mol. The number of hydrogen-bond donors (Lipinski definition) is 2. The van der Waals surface area contributed by atoms with Gasteiger partial charge in [0.05, 0.1) is 26.4 Å². The first-order valence-corrected chi connectivity index (χ1v) is 9.09. The van der Waals surface area contributed by atoms with Crippen molar-refractivity contribution in [2.45, 2.75) is 26.8 Å². The molecule has 7 heteroatoms. The topological polar surface area (TPSA) is 64.1 Å². The molecule has 0 aliphatic carbocycles. The number of ether oxygens (including phenoxy) is 3. The Hall–Kier alpha value is -1.50. The minimum atomic E-state index is 0.520. The van der Waals surface area contributed by atoms with E-state index in [1.54, 1.807) is 7.11 Å². The predicted molar refractivity (Wildman–Crippen MR) is 103 cm³/mol. The number of halogens is 1. The molecule has 0 saturated heterocycles. The van der Waals surface area contributed by atoms with Gasteiger partial charge in [-0.25, -0.2) is 4.99 Å². The highest BCUT2D eigenvalue weighted by molar-refractivity contribution is 6.30. The number of nitrogens with zero attached hydrogens (tertiary/aromatic N) is 1. The van der Waals surface area contributed by atoms with Crippen molar-refractivity contribution < 1.29 is 14.2 Å². The van der Waals surface area contributed by atoms with Crippen molar-refractivity contribution in [2.75, 3.05) is 46.6 Å². The Labute approximate surface area is 155 Å². The summed E-state index contributed by atoms with van der Waals surface area (Å²) in [7, 11) is 1.67. The van der Waals surface area contributed by atoms with Gasteiger partial charge in [-0.1, -0.05) is 17.7 Å². The lowest BCUT2D eigenvalue weighted by molar-refractivity contribution is 0.0698. The van der Waals surface area contributed by atoms with E-state index in [-0.39, 0.29) is 0 Å². The van der Waals surface area contributed by atoms with E-state index in [1.165, 1.54) is 0 Å². The van der Waals surface area contributed by atoms with Crippen molar-refractivity contribution >= 4 is 17.6 Å². The van der Waals surface area contributed by atoms with Gasteiger partial charge in [0.1, 0.15) is 5.75 Å². The number of aliphatic imine (C=N–C) groups is 1. The van der Waals surface area contributed by atoms with Crippen molar-refractivity contribution in [3.63, 3.8) is 0 Å². The average molecular weight is 372 g/mol. The average Bonchev–Trinajstić information content (AvgIpc) is 2.60. The molecule has 142 valence electrons. The maximum absolute atomic E-state index is 6.03. The monoisotopic (exact) mass is 371 g/mol. The largest absolute Gasteiger partial charge is 0.493 e. The summed E-state index contributed by atoms with van der Waals surface area (Å²) in [5.74, 6) is 1.55. The highest BCUT2D eigenvalue weighted by atomic mass is 35.5. The maximum Gasteiger partial charge on any atom is 0.191 e. The zero-order chi connectivity index (χ0) is 18.3. The van der Waals surface area contributed by atoms with Gasteiger partial charge < -0.3 is 24.8 Å². The summed E-state index contributed by atoms with van der Waals surface area (Å²) in [6, 6.07) is 5.63. The van der Waals surface area contributed by atoms with Crippen LogP contribution in [0.15, 0.2) is 23.2 Å². The molecule has 6 nitrogen and oxygen atoms in total. The summed E-state index contributed by atoms with van der Waals surface area (Å²) in [6.07, 6.45) is 0.902. The van der Waals surface area contributed by atoms with Crippen LogP contribution in [0.5, 0.6) is 5.75 Å². The molecule has 0 bridgehead atoms. The van der Waals surface area contributed by atoms with E-state index in [0.717, 1.165) is 36.8 Å². The van der Waals surface area contributed by atoms with Gasteiger partial charge in [0.25, 0.3) is 0 Å². The molecule has 0 atom stereocenters. The molecule has 0 amide bonds. The molecule has 0 heterocycles. The van der Waals surface area contributed by atoms with Crippen LogP contribution in [0.25, 0.3) is 0 Å². The molecule has 0 fully saturated rings. The van der Waals surface area contributed by atoms with Crippen LogP contribution in [0.3, 0.4) is 0 Å². The second-order valence-electron chi connectivity index (χ2n) is 5.27. The summed E-state index contributed by atoms with van der Waals surface area (Å²) in [6.45, 7) is 8.65.